The number of hydrogen-bond donors (Lipinski definition) is 1. The SMILES string of the molecule is C[C@H]1CCc2cc(N)ccc2N1C(=O)C(F)(F)F. The summed E-state index contributed by atoms with van der Waals surface area (Å²) < 4.78 is 37.7. The van der Waals surface area contributed by atoms with Gasteiger partial charge in [0.1, 0.15) is 0 Å². The number of nitrogens with two attached hydrogens (primary N) is 1. The van der Waals surface area contributed by atoms with Crippen molar-refractivity contribution in [2.24, 2.45) is 0 Å². The molecule has 0 saturated heterocycles. The van der Waals surface area contributed by atoms with Crippen molar-refractivity contribution in [2.75, 3.05) is 10.6 Å². The van der Waals surface area contributed by atoms with E-state index in [4.69, 9.17) is 5.73 Å². The Bertz CT molecular complexity index is 485. The van der Waals surface area contributed by atoms with Crippen LogP contribution in [0.15, 0.2) is 18.2 Å². The molecule has 0 unspecified atom stereocenters. The monoisotopic (exact) mass is 258 g/mol. The number of anilines is 2. The number of aryl methyl sites for hydroxylation is 1. The second-order valence-corrected chi connectivity index (χ2v) is 4.45. The minimum atomic E-state index is -4.86. The molecule has 6 heteroatoms. The fourth-order valence-electron chi connectivity index (χ4n) is 2.22. The molecule has 0 saturated carbocycles. The lowest BCUT2D eigenvalue weighted by Gasteiger charge is -2.35. The van der Waals surface area contributed by atoms with Gasteiger partial charge in [0, 0.05) is 17.4 Å². The molecule has 1 heterocycles. The Morgan fingerprint density at radius 2 is 2.11 bits per heavy atom. The molecule has 3 nitrogen and oxygen atoms in total. The predicted molar refractivity (Wildman–Crippen MR) is 62.2 cm³/mol. The van der Waals surface area contributed by atoms with E-state index in [1.165, 1.54) is 12.1 Å². The van der Waals surface area contributed by atoms with Crippen molar-refractivity contribution in [2.45, 2.75) is 32.0 Å². The number of fused-ring (bicyclic) bond motifs is 1. The molecule has 1 aromatic rings. The van der Waals surface area contributed by atoms with Gasteiger partial charge in [-0.25, -0.2) is 0 Å². The molecule has 1 aromatic carbocycles. The Morgan fingerprint density at radius 1 is 1.44 bits per heavy atom. The molecular formula is C12H13F3N2O. The van der Waals surface area contributed by atoms with E-state index in [-0.39, 0.29) is 0 Å². The lowest BCUT2D eigenvalue weighted by atomic mass is 9.96. The minimum absolute atomic E-state index is 0.310. The number of rotatable bonds is 0. The first-order valence-corrected chi connectivity index (χ1v) is 5.59. The molecular weight excluding hydrogens is 245 g/mol. The summed E-state index contributed by atoms with van der Waals surface area (Å²) in [7, 11) is 0. The van der Waals surface area contributed by atoms with Gasteiger partial charge in [0.2, 0.25) is 0 Å². The van der Waals surface area contributed by atoms with E-state index in [0.717, 1.165) is 4.90 Å². The fourth-order valence-corrected chi connectivity index (χ4v) is 2.22. The van der Waals surface area contributed by atoms with Gasteiger partial charge in [-0.05, 0) is 43.5 Å². The van der Waals surface area contributed by atoms with Gasteiger partial charge in [0.05, 0.1) is 0 Å². The summed E-state index contributed by atoms with van der Waals surface area (Å²) in [6.07, 6.45) is -3.73. The molecule has 0 spiro atoms. The number of amides is 1. The lowest BCUT2D eigenvalue weighted by molar-refractivity contribution is -0.171. The number of carbonyl (C=O) groups is 1. The van der Waals surface area contributed by atoms with Crippen molar-refractivity contribution in [1.29, 1.82) is 0 Å². The highest BCUT2D eigenvalue weighted by Crippen LogP contribution is 2.35. The van der Waals surface area contributed by atoms with E-state index < -0.39 is 18.1 Å². The van der Waals surface area contributed by atoms with E-state index in [0.29, 0.717) is 29.8 Å². The maximum Gasteiger partial charge on any atom is 0.471 e. The summed E-state index contributed by atoms with van der Waals surface area (Å²) >= 11 is 0. The molecule has 1 aliphatic heterocycles. The quantitative estimate of drug-likeness (QED) is 0.727. The first-order chi connectivity index (χ1) is 8.30. The third kappa shape index (κ3) is 2.14. The molecule has 0 radical (unpaired) electrons. The maximum absolute atomic E-state index is 12.6. The van der Waals surface area contributed by atoms with Crippen molar-refractivity contribution in [3.63, 3.8) is 0 Å². The summed E-state index contributed by atoms with van der Waals surface area (Å²) in [5.74, 6) is -1.82. The fraction of sp³-hybridized carbons (Fsp3) is 0.417. The molecule has 0 aliphatic carbocycles. The zero-order valence-corrected chi connectivity index (χ0v) is 9.79. The van der Waals surface area contributed by atoms with Gasteiger partial charge in [0.25, 0.3) is 0 Å². The molecule has 2 N–H and O–H groups in total. The van der Waals surface area contributed by atoms with E-state index in [2.05, 4.69) is 0 Å². The molecule has 1 atom stereocenters. The van der Waals surface area contributed by atoms with Crippen molar-refractivity contribution >= 4 is 17.3 Å². The first-order valence-electron chi connectivity index (χ1n) is 5.59. The van der Waals surface area contributed by atoms with Gasteiger partial charge < -0.3 is 10.6 Å². The summed E-state index contributed by atoms with van der Waals surface area (Å²) in [6.45, 7) is 1.61. The number of alkyl halides is 3. The van der Waals surface area contributed by atoms with Gasteiger partial charge in [-0.15, -0.1) is 0 Å². The highest BCUT2D eigenvalue weighted by molar-refractivity contribution is 5.99. The van der Waals surface area contributed by atoms with Crippen LogP contribution in [-0.4, -0.2) is 18.1 Å². The van der Waals surface area contributed by atoms with Crippen molar-refractivity contribution in [3.05, 3.63) is 23.8 Å². The van der Waals surface area contributed by atoms with E-state index in [1.807, 2.05) is 0 Å². The van der Waals surface area contributed by atoms with Gasteiger partial charge in [-0.1, -0.05) is 0 Å². The van der Waals surface area contributed by atoms with Crippen LogP contribution < -0.4 is 10.6 Å². The number of carbonyl (C=O) groups excluding carboxylic acids is 1. The third-order valence-electron chi connectivity index (χ3n) is 3.10. The average molecular weight is 258 g/mol. The van der Waals surface area contributed by atoms with Crippen LogP contribution in [0.1, 0.15) is 18.9 Å². The third-order valence-corrected chi connectivity index (χ3v) is 3.10. The Labute approximate surface area is 102 Å². The van der Waals surface area contributed by atoms with Gasteiger partial charge >= 0.3 is 12.1 Å². The van der Waals surface area contributed by atoms with Crippen LogP contribution in [0, 0.1) is 0 Å². The topological polar surface area (TPSA) is 46.3 Å². The second kappa shape index (κ2) is 4.19. The van der Waals surface area contributed by atoms with Crippen LogP contribution in [0.25, 0.3) is 0 Å². The number of halogens is 3. The highest BCUT2D eigenvalue weighted by atomic mass is 19.4. The minimum Gasteiger partial charge on any atom is -0.399 e. The Hall–Kier alpha value is -1.72. The van der Waals surface area contributed by atoms with Crippen LogP contribution in [0.2, 0.25) is 0 Å². The predicted octanol–water partition coefficient (Wildman–Crippen LogP) is 2.50. The molecule has 2 rings (SSSR count). The van der Waals surface area contributed by atoms with E-state index in [9.17, 15) is 18.0 Å². The average Bonchev–Trinajstić information content (AvgIpc) is 2.27. The molecule has 0 bridgehead atoms. The Morgan fingerprint density at radius 3 is 2.72 bits per heavy atom. The Kier molecular flexibility index (Phi) is 2.96. The molecule has 0 fully saturated rings. The van der Waals surface area contributed by atoms with Gasteiger partial charge in [-0.3, -0.25) is 4.79 Å². The summed E-state index contributed by atoms with van der Waals surface area (Å²) in [6, 6.07) is 4.14. The van der Waals surface area contributed by atoms with Gasteiger partial charge in [-0.2, -0.15) is 13.2 Å². The molecule has 0 aromatic heterocycles. The summed E-state index contributed by atoms with van der Waals surface area (Å²) in [4.78, 5) is 12.3. The Balaban J connectivity index is 2.46. The normalized spacial score (nSPS) is 19.6. The van der Waals surface area contributed by atoms with Crippen molar-refractivity contribution in [1.82, 2.24) is 0 Å². The van der Waals surface area contributed by atoms with Gasteiger partial charge in [0.15, 0.2) is 0 Å². The van der Waals surface area contributed by atoms with Crippen LogP contribution in [0.5, 0.6) is 0 Å². The van der Waals surface area contributed by atoms with Crippen LogP contribution in [0.4, 0.5) is 24.5 Å². The van der Waals surface area contributed by atoms with E-state index in [1.54, 1.807) is 13.0 Å². The molecule has 98 valence electrons. The first kappa shape index (κ1) is 12.7. The molecule has 1 aliphatic rings. The van der Waals surface area contributed by atoms with Crippen LogP contribution in [-0.2, 0) is 11.2 Å². The standard InChI is InChI=1S/C12H13F3N2O/c1-7-2-3-8-6-9(16)4-5-10(8)17(7)11(18)12(13,14)15/h4-7H,2-3,16H2,1H3/t7-/m0/s1. The highest BCUT2D eigenvalue weighted by Gasteiger charge is 2.45. The lowest BCUT2D eigenvalue weighted by Crippen LogP contribution is -2.48. The van der Waals surface area contributed by atoms with Crippen LogP contribution >= 0.6 is 0 Å². The zero-order chi connectivity index (χ0) is 13.5. The number of nitrogen functional groups attached to an aromatic ring is 1. The number of nitrogens with zero attached hydrogens (tertiary/aromatic N) is 1. The largest absolute Gasteiger partial charge is 0.471 e. The van der Waals surface area contributed by atoms with Crippen LogP contribution in [0.3, 0.4) is 0 Å². The van der Waals surface area contributed by atoms with Crippen molar-refractivity contribution < 1.29 is 18.0 Å². The van der Waals surface area contributed by atoms with E-state index >= 15 is 0 Å². The molecule has 18 heavy (non-hydrogen) atoms. The summed E-state index contributed by atoms with van der Waals surface area (Å²) in [5, 5.41) is 0. The van der Waals surface area contributed by atoms with Crippen molar-refractivity contribution in [3.8, 4) is 0 Å². The maximum atomic E-state index is 12.6. The second-order valence-electron chi connectivity index (χ2n) is 4.45. The molecule has 1 amide bonds. The zero-order valence-electron chi connectivity index (χ0n) is 9.79. The number of hydrogen-bond acceptors (Lipinski definition) is 2. The smallest absolute Gasteiger partial charge is 0.399 e. The number of benzene rings is 1. The summed E-state index contributed by atoms with van der Waals surface area (Å²) in [5.41, 5.74) is 7.08.